The van der Waals surface area contributed by atoms with Gasteiger partial charge in [-0.25, -0.2) is 0 Å². The molecular weight excluding hydrogens is 427 g/mol. The normalized spacial score (nSPS) is 11.5. The number of ether oxygens (including phenoxy) is 1. The van der Waals surface area contributed by atoms with Crippen LogP contribution in [-0.4, -0.2) is 32.6 Å². The van der Waals surface area contributed by atoms with Gasteiger partial charge in [-0.05, 0) is 18.6 Å². The van der Waals surface area contributed by atoms with Gasteiger partial charge in [-0.2, -0.15) is 27.8 Å². The Kier molecular flexibility index (Phi) is 5.17. The number of pyridine rings is 1. The summed E-state index contributed by atoms with van der Waals surface area (Å²) in [6.45, 7) is 1.42. The van der Waals surface area contributed by atoms with E-state index in [0.717, 1.165) is 0 Å². The first-order valence-electron chi connectivity index (χ1n) is 9.31. The zero-order valence-corrected chi connectivity index (χ0v) is 16.8. The second kappa shape index (κ2) is 7.84. The van der Waals surface area contributed by atoms with E-state index in [1.165, 1.54) is 32.2 Å². The van der Waals surface area contributed by atoms with E-state index >= 15 is 0 Å². The number of methoxy groups -OCH3 is 1. The molecular formula is C21H16F3N5O3. The molecule has 11 heteroatoms. The number of aryl methyl sites for hydroxylation is 1. The molecule has 2 N–H and O–H groups in total. The molecule has 0 saturated heterocycles. The molecule has 3 heterocycles. The summed E-state index contributed by atoms with van der Waals surface area (Å²) in [6, 6.07) is 12.4. The van der Waals surface area contributed by atoms with Crippen molar-refractivity contribution in [1.29, 1.82) is 0 Å². The molecule has 0 aliphatic carbocycles. The van der Waals surface area contributed by atoms with Crippen LogP contribution < -0.4 is 15.6 Å². The van der Waals surface area contributed by atoms with Crippen molar-refractivity contribution >= 4 is 17.4 Å². The molecule has 0 bridgehead atoms. The topological polar surface area (TPSA) is 101 Å². The van der Waals surface area contributed by atoms with Crippen molar-refractivity contribution in [1.82, 2.24) is 19.6 Å². The van der Waals surface area contributed by atoms with Crippen LogP contribution in [0.2, 0.25) is 0 Å². The molecule has 1 aromatic carbocycles. The van der Waals surface area contributed by atoms with Crippen LogP contribution in [0.4, 0.5) is 19.0 Å². The number of H-pyrrole nitrogens is 1. The van der Waals surface area contributed by atoms with Crippen LogP contribution in [0.25, 0.3) is 16.8 Å². The van der Waals surface area contributed by atoms with E-state index in [0.29, 0.717) is 4.52 Å². The molecule has 1 amide bonds. The van der Waals surface area contributed by atoms with Crippen molar-refractivity contribution in [3.63, 3.8) is 0 Å². The van der Waals surface area contributed by atoms with Gasteiger partial charge in [0.25, 0.3) is 11.5 Å². The van der Waals surface area contributed by atoms with Gasteiger partial charge in [-0.1, -0.05) is 36.4 Å². The van der Waals surface area contributed by atoms with E-state index in [-0.39, 0.29) is 34.2 Å². The van der Waals surface area contributed by atoms with Gasteiger partial charge in [0, 0.05) is 11.8 Å². The van der Waals surface area contributed by atoms with Crippen molar-refractivity contribution in [3.8, 4) is 17.0 Å². The second-order valence-electron chi connectivity index (χ2n) is 6.80. The Morgan fingerprint density at radius 3 is 2.50 bits per heavy atom. The second-order valence-corrected chi connectivity index (χ2v) is 6.80. The SMILES string of the molecule is COc1cccc(NC(=O)c2c(C)[nH]c3c(-c4ccccc4)c(C(F)(F)F)nn3c2=O)n1. The lowest BCUT2D eigenvalue weighted by Gasteiger charge is -2.09. The highest BCUT2D eigenvalue weighted by Crippen LogP contribution is 2.38. The van der Waals surface area contributed by atoms with E-state index in [4.69, 9.17) is 4.74 Å². The zero-order chi connectivity index (χ0) is 23.0. The number of anilines is 1. The molecule has 0 aliphatic rings. The number of hydrogen-bond donors (Lipinski definition) is 2. The molecule has 4 aromatic rings. The number of aromatic amines is 1. The van der Waals surface area contributed by atoms with Crippen LogP contribution >= 0.6 is 0 Å². The summed E-state index contributed by atoms with van der Waals surface area (Å²) in [5.41, 5.74) is -2.76. The molecule has 8 nitrogen and oxygen atoms in total. The largest absolute Gasteiger partial charge is 0.481 e. The number of benzene rings is 1. The Bertz CT molecular complexity index is 1380. The van der Waals surface area contributed by atoms with Crippen molar-refractivity contribution < 1.29 is 22.7 Å². The maximum atomic E-state index is 13.7. The van der Waals surface area contributed by atoms with Gasteiger partial charge in [0.1, 0.15) is 17.0 Å². The lowest BCUT2D eigenvalue weighted by molar-refractivity contribution is -0.140. The number of hydrogen-bond acceptors (Lipinski definition) is 5. The van der Waals surface area contributed by atoms with Gasteiger partial charge in [-0.15, -0.1) is 0 Å². The minimum Gasteiger partial charge on any atom is -0.481 e. The number of rotatable bonds is 4. The lowest BCUT2D eigenvalue weighted by atomic mass is 10.1. The Hall–Kier alpha value is -4.15. The number of nitrogens with one attached hydrogen (secondary N) is 2. The number of amides is 1. The minimum atomic E-state index is -4.82. The summed E-state index contributed by atoms with van der Waals surface area (Å²) in [5.74, 6) is -0.510. The van der Waals surface area contributed by atoms with Crippen LogP contribution in [0.15, 0.2) is 53.3 Å². The summed E-state index contributed by atoms with van der Waals surface area (Å²) < 4.78 is 46.7. The summed E-state index contributed by atoms with van der Waals surface area (Å²) in [4.78, 5) is 32.6. The molecule has 0 fully saturated rings. The molecule has 0 unspecified atom stereocenters. The summed E-state index contributed by atoms with van der Waals surface area (Å²) in [7, 11) is 1.40. The number of fused-ring (bicyclic) bond motifs is 1. The van der Waals surface area contributed by atoms with Crippen molar-refractivity contribution in [3.05, 3.63) is 75.8 Å². The standard InChI is InChI=1S/C21H16F3N5O3/c1-11-15(19(30)27-13-9-6-10-14(26-13)32-2)20(31)29-18(25-11)16(12-7-4-3-5-8-12)17(28-29)21(22,23)24/h3-10,25H,1-2H3,(H,26,27,30). The Morgan fingerprint density at radius 1 is 1.12 bits per heavy atom. The first-order chi connectivity index (χ1) is 15.2. The summed E-state index contributed by atoms with van der Waals surface area (Å²) in [6.07, 6.45) is -4.82. The molecule has 4 rings (SSSR count). The average Bonchev–Trinajstić information content (AvgIpc) is 3.14. The van der Waals surface area contributed by atoms with Gasteiger partial charge in [0.2, 0.25) is 5.88 Å². The van der Waals surface area contributed by atoms with Crippen molar-refractivity contribution in [2.24, 2.45) is 0 Å². The fraction of sp³-hybridized carbons (Fsp3) is 0.143. The highest BCUT2D eigenvalue weighted by atomic mass is 19.4. The Morgan fingerprint density at radius 2 is 1.84 bits per heavy atom. The molecule has 32 heavy (non-hydrogen) atoms. The van der Waals surface area contributed by atoms with Crippen LogP contribution in [0.3, 0.4) is 0 Å². The minimum absolute atomic E-state index is 0.0775. The molecule has 164 valence electrons. The van der Waals surface area contributed by atoms with Crippen molar-refractivity contribution in [2.45, 2.75) is 13.1 Å². The molecule has 0 spiro atoms. The number of halogens is 3. The lowest BCUT2D eigenvalue weighted by Crippen LogP contribution is -2.29. The Labute approximate surface area is 178 Å². The molecule has 0 aliphatic heterocycles. The van der Waals surface area contributed by atoms with Crippen molar-refractivity contribution in [2.75, 3.05) is 12.4 Å². The number of carbonyl (C=O) groups is 1. The highest BCUT2D eigenvalue weighted by molar-refractivity contribution is 6.04. The van der Waals surface area contributed by atoms with Gasteiger partial charge in [-0.3, -0.25) is 9.59 Å². The third kappa shape index (κ3) is 3.68. The predicted molar refractivity (Wildman–Crippen MR) is 110 cm³/mol. The van der Waals surface area contributed by atoms with E-state index in [1.54, 1.807) is 30.3 Å². The number of alkyl halides is 3. The van der Waals surface area contributed by atoms with Crippen LogP contribution in [-0.2, 0) is 6.18 Å². The number of aromatic nitrogens is 4. The van der Waals surface area contributed by atoms with Gasteiger partial charge >= 0.3 is 6.18 Å². The zero-order valence-electron chi connectivity index (χ0n) is 16.8. The average molecular weight is 443 g/mol. The van der Waals surface area contributed by atoms with Gasteiger partial charge < -0.3 is 15.0 Å². The smallest absolute Gasteiger partial charge is 0.435 e. The third-order valence-electron chi connectivity index (χ3n) is 4.70. The maximum absolute atomic E-state index is 13.7. The third-order valence-corrected chi connectivity index (χ3v) is 4.70. The molecule has 0 radical (unpaired) electrons. The quantitative estimate of drug-likeness (QED) is 0.501. The molecule has 3 aromatic heterocycles. The van der Waals surface area contributed by atoms with Crippen LogP contribution in [0, 0.1) is 6.92 Å². The van der Waals surface area contributed by atoms with Gasteiger partial charge in [0.05, 0.1) is 12.7 Å². The fourth-order valence-corrected chi connectivity index (χ4v) is 3.31. The fourth-order valence-electron chi connectivity index (χ4n) is 3.31. The maximum Gasteiger partial charge on any atom is 0.435 e. The van der Waals surface area contributed by atoms with E-state index in [1.807, 2.05) is 0 Å². The van der Waals surface area contributed by atoms with Crippen LogP contribution in [0.1, 0.15) is 21.7 Å². The highest BCUT2D eigenvalue weighted by Gasteiger charge is 2.39. The number of nitrogens with zero attached hydrogens (tertiary/aromatic N) is 3. The predicted octanol–water partition coefficient (Wildman–Crippen LogP) is 3.67. The van der Waals surface area contributed by atoms with Gasteiger partial charge in [0.15, 0.2) is 5.69 Å². The van der Waals surface area contributed by atoms with E-state index in [2.05, 4.69) is 20.4 Å². The summed E-state index contributed by atoms with van der Waals surface area (Å²) >= 11 is 0. The summed E-state index contributed by atoms with van der Waals surface area (Å²) in [5, 5.41) is 5.96. The molecule has 0 atom stereocenters. The first-order valence-corrected chi connectivity index (χ1v) is 9.31. The monoisotopic (exact) mass is 443 g/mol. The molecule has 0 saturated carbocycles. The van der Waals surface area contributed by atoms with E-state index in [9.17, 15) is 22.8 Å². The van der Waals surface area contributed by atoms with E-state index < -0.39 is 28.9 Å². The number of carbonyl (C=O) groups excluding carboxylic acids is 1. The Balaban J connectivity index is 1.88. The van der Waals surface area contributed by atoms with Crippen LogP contribution in [0.5, 0.6) is 5.88 Å². The first kappa shape index (κ1) is 21.1.